The zero-order valence-corrected chi connectivity index (χ0v) is 11.6. The number of rotatable bonds is 4. The molecule has 0 aliphatic carbocycles. The van der Waals surface area contributed by atoms with Crippen LogP contribution in [0, 0.1) is 5.82 Å². The number of benzene rings is 1. The molecule has 1 atom stereocenters. The smallest absolute Gasteiger partial charge is 0.141 e. The molecule has 0 spiro atoms. The van der Waals surface area contributed by atoms with E-state index in [2.05, 4.69) is 18.7 Å². The molecule has 1 unspecified atom stereocenters. The molecule has 2 N–H and O–H groups in total. The fourth-order valence-corrected chi connectivity index (χ4v) is 1.71. The third-order valence-electron chi connectivity index (χ3n) is 3.50. The summed E-state index contributed by atoms with van der Waals surface area (Å²) < 4.78 is 13.0. The first-order chi connectivity index (χ1) is 7.75. The van der Waals surface area contributed by atoms with Gasteiger partial charge in [-0.25, -0.2) is 4.39 Å². The molecule has 1 aromatic carbocycles. The Bertz CT molecular complexity index is 391. The van der Waals surface area contributed by atoms with E-state index in [0.29, 0.717) is 6.42 Å². The first kappa shape index (κ1) is 14.4. The molecule has 0 aliphatic rings. The highest BCUT2D eigenvalue weighted by Crippen LogP contribution is 2.21. The average molecular weight is 259 g/mol. The van der Waals surface area contributed by atoms with Gasteiger partial charge in [0.05, 0.1) is 5.02 Å². The highest BCUT2D eigenvalue weighted by Gasteiger charge is 2.28. The summed E-state index contributed by atoms with van der Waals surface area (Å²) in [5.74, 6) is -0.393. The van der Waals surface area contributed by atoms with Gasteiger partial charge in [0.15, 0.2) is 0 Å². The summed E-state index contributed by atoms with van der Waals surface area (Å²) >= 11 is 5.75. The van der Waals surface area contributed by atoms with E-state index < -0.39 is 5.82 Å². The Kier molecular flexibility index (Phi) is 4.53. The second kappa shape index (κ2) is 5.34. The minimum Gasteiger partial charge on any atom is -0.326 e. The monoisotopic (exact) mass is 258 g/mol. The number of hydrogen-bond donors (Lipinski definition) is 1. The fraction of sp³-hybridized carbons (Fsp3) is 0.538. The summed E-state index contributed by atoms with van der Waals surface area (Å²) in [6.07, 6.45) is 0.672. The van der Waals surface area contributed by atoms with Crippen molar-refractivity contribution in [2.24, 2.45) is 5.73 Å². The van der Waals surface area contributed by atoms with Crippen LogP contribution in [0.25, 0.3) is 0 Å². The van der Waals surface area contributed by atoms with E-state index >= 15 is 0 Å². The Morgan fingerprint density at radius 1 is 1.41 bits per heavy atom. The van der Waals surface area contributed by atoms with Crippen molar-refractivity contribution in [1.29, 1.82) is 0 Å². The molecule has 96 valence electrons. The van der Waals surface area contributed by atoms with Crippen molar-refractivity contribution in [3.63, 3.8) is 0 Å². The molecule has 1 rings (SSSR count). The molecule has 0 aromatic heterocycles. The molecular weight excluding hydrogens is 239 g/mol. The van der Waals surface area contributed by atoms with Gasteiger partial charge in [0.1, 0.15) is 5.82 Å². The van der Waals surface area contributed by atoms with Crippen LogP contribution in [0.3, 0.4) is 0 Å². The standard InChI is InChI=1S/C13H20ClFN2/c1-13(2,17(3)4)12(16)8-9-5-6-11(15)10(14)7-9/h5-7,12H,8,16H2,1-4H3. The second-order valence-electron chi connectivity index (χ2n) is 5.11. The average Bonchev–Trinajstić information content (AvgIpc) is 2.23. The summed E-state index contributed by atoms with van der Waals surface area (Å²) in [6, 6.07) is 4.71. The number of hydrogen-bond acceptors (Lipinski definition) is 2. The molecule has 0 bridgehead atoms. The summed E-state index contributed by atoms with van der Waals surface area (Å²) in [5.41, 5.74) is 7.03. The summed E-state index contributed by atoms with van der Waals surface area (Å²) in [6.45, 7) is 4.17. The van der Waals surface area contributed by atoms with Crippen LogP contribution in [0.5, 0.6) is 0 Å². The van der Waals surface area contributed by atoms with Crippen LogP contribution in [-0.4, -0.2) is 30.6 Å². The van der Waals surface area contributed by atoms with Crippen molar-refractivity contribution in [2.75, 3.05) is 14.1 Å². The van der Waals surface area contributed by atoms with Gasteiger partial charge in [0, 0.05) is 11.6 Å². The van der Waals surface area contributed by atoms with Crippen molar-refractivity contribution < 1.29 is 4.39 Å². The lowest BCUT2D eigenvalue weighted by atomic mass is 9.89. The van der Waals surface area contributed by atoms with Gasteiger partial charge in [-0.2, -0.15) is 0 Å². The molecule has 1 aromatic rings. The van der Waals surface area contributed by atoms with Gasteiger partial charge in [-0.15, -0.1) is 0 Å². The van der Waals surface area contributed by atoms with E-state index in [0.717, 1.165) is 5.56 Å². The maximum absolute atomic E-state index is 13.0. The van der Waals surface area contributed by atoms with Crippen LogP contribution >= 0.6 is 11.6 Å². The topological polar surface area (TPSA) is 29.3 Å². The Labute approximate surface area is 108 Å². The first-order valence-corrected chi connectivity index (χ1v) is 6.00. The maximum Gasteiger partial charge on any atom is 0.141 e. The maximum atomic E-state index is 13.0. The van der Waals surface area contributed by atoms with Gasteiger partial charge < -0.3 is 10.6 Å². The Morgan fingerprint density at radius 2 is 2.00 bits per heavy atom. The predicted octanol–water partition coefficient (Wildman–Crippen LogP) is 2.69. The van der Waals surface area contributed by atoms with Crippen molar-refractivity contribution in [2.45, 2.75) is 31.8 Å². The van der Waals surface area contributed by atoms with Gasteiger partial charge in [0.2, 0.25) is 0 Å². The van der Waals surface area contributed by atoms with Crippen LogP contribution < -0.4 is 5.73 Å². The van der Waals surface area contributed by atoms with Crippen LogP contribution in [0.15, 0.2) is 18.2 Å². The molecule has 0 radical (unpaired) electrons. The van der Waals surface area contributed by atoms with E-state index in [4.69, 9.17) is 17.3 Å². The normalized spacial score (nSPS) is 14.1. The SMILES string of the molecule is CN(C)C(C)(C)C(N)Cc1ccc(F)c(Cl)c1. The van der Waals surface area contributed by atoms with Crippen molar-refractivity contribution in [3.05, 3.63) is 34.6 Å². The van der Waals surface area contributed by atoms with Gasteiger partial charge in [-0.05, 0) is 52.1 Å². The summed E-state index contributed by atoms with van der Waals surface area (Å²) in [4.78, 5) is 2.09. The molecule has 0 aliphatic heterocycles. The first-order valence-electron chi connectivity index (χ1n) is 5.62. The van der Waals surface area contributed by atoms with Gasteiger partial charge in [0.25, 0.3) is 0 Å². The molecule has 4 heteroatoms. The van der Waals surface area contributed by atoms with Gasteiger partial charge >= 0.3 is 0 Å². The minimum absolute atomic E-state index is 0.0426. The summed E-state index contributed by atoms with van der Waals surface area (Å²) in [7, 11) is 4.00. The Balaban J connectivity index is 2.81. The van der Waals surface area contributed by atoms with E-state index in [-0.39, 0.29) is 16.6 Å². The van der Waals surface area contributed by atoms with Gasteiger partial charge in [-0.1, -0.05) is 17.7 Å². The van der Waals surface area contributed by atoms with Crippen molar-refractivity contribution in [1.82, 2.24) is 4.90 Å². The van der Waals surface area contributed by atoms with E-state index in [1.165, 1.54) is 6.07 Å². The highest BCUT2D eigenvalue weighted by molar-refractivity contribution is 6.30. The predicted molar refractivity (Wildman–Crippen MR) is 70.9 cm³/mol. The third-order valence-corrected chi connectivity index (χ3v) is 3.79. The van der Waals surface area contributed by atoms with E-state index in [1.54, 1.807) is 12.1 Å². The number of halogens is 2. The van der Waals surface area contributed by atoms with Crippen LogP contribution in [-0.2, 0) is 6.42 Å². The van der Waals surface area contributed by atoms with E-state index in [1.807, 2.05) is 14.1 Å². The van der Waals surface area contributed by atoms with Crippen LogP contribution in [0.4, 0.5) is 4.39 Å². The highest BCUT2D eigenvalue weighted by atomic mass is 35.5. The number of likely N-dealkylation sites (N-methyl/N-ethyl adjacent to an activating group) is 1. The molecule has 17 heavy (non-hydrogen) atoms. The lowest BCUT2D eigenvalue weighted by molar-refractivity contribution is 0.158. The third kappa shape index (κ3) is 3.41. The van der Waals surface area contributed by atoms with E-state index in [9.17, 15) is 4.39 Å². The zero-order valence-electron chi connectivity index (χ0n) is 10.8. The zero-order chi connectivity index (χ0) is 13.2. The Morgan fingerprint density at radius 3 is 2.47 bits per heavy atom. The molecule has 2 nitrogen and oxygen atoms in total. The molecular formula is C13H20ClFN2. The van der Waals surface area contributed by atoms with Crippen molar-refractivity contribution >= 4 is 11.6 Å². The number of nitrogens with two attached hydrogens (primary N) is 1. The van der Waals surface area contributed by atoms with Crippen LogP contribution in [0.1, 0.15) is 19.4 Å². The van der Waals surface area contributed by atoms with Gasteiger partial charge in [-0.3, -0.25) is 0 Å². The lowest BCUT2D eigenvalue weighted by Crippen LogP contribution is -2.54. The lowest BCUT2D eigenvalue weighted by Gasteiger charge is -2.38. The second-order valence-corrected chi connectivity index (χ2v) is 5.51. The summed E-state index contributed by atoms with van der Waals surface area (Å²) in [5, 5.41) is 0.150. The molecule has 0 amide bonds. The van der Waals surface area contributed by atoms with Crippen molar-refractivity contribution in [3.8, 4) is 0 Å². The minimum atomic E-state index is -0.393. The molecule has 0 heterocycles. The molecule has 0 saturated heterocycles. The number of nitrogens with zero attached hydrogens (tertiary/aromatic N) is 1. The molecule has 0 saturated carbocycles. The Hall–Kier alpha value is -0.640. The largest absolute Gasteiger partial charge is 0.326 e. The quantitative estimate of drug-likeness (QED) is 0.900. The van der Waals surface area contributed by atoms with Crippen LogP contribution in [0.2, 0.25) is 5.02 Å². The fourth-order valence-electron chi connectivity index (χ4n) is 1.50. The molecule has 0 fully saturated rings.